The van der Waals surface area contributed by atoms with Crippen LogP contribution in [0.1, 0.15) is 106 Å². The lowest BCUT2D eigenvalue weighted by molar-refractivity contribution is -0.165. The van der Waals surface area contributed by atoms with E-state index in [-0.39, 0.29) is 48.6 Å². The number of aromatic hydroxyl groups is 1. The highest BCUT2D eigenvalue weighted by molar-refractivity contribution is 5.99. The first-order chi connectivity index (χ1) is 26.3. The fraction of sp³-hybridized carbons (Fsp3) is 0.386. The van der Waals surface area contributed by atoms with Gasteiger partial charge < -0.3 is 29.7 Å². The number of carboxylic acids is 1. The van der Waals surface area contributed by atoms with Gasteiger partial charge in [0.15, 0.2) is 5.60 Å². The monoisotopic (exact) mass is 757 g/mol. The van der Waals surface area contributed by atoms with E-state index in [9.17, 15) is 29.1 Å². The van der Waals surface area contributed by atoms with Gasteiger partial charge in [0.1, 0.15) is 29.2 Å². The van der Waals surface area contributed by atoms with Crippen molar-refractivity contribution in [2.45, 2.75) is 91.1 Å². The Kier molecular flexibility index (Phi) is 20.3. The number of esters is 3. The van der Waals surface area contributed by atoms with Crippen LogP contribution in [0.3, 0.4) is 0 Å². The summed E-state index contributed by atoms with van der Waals surface area (Å²) in [5.41, 5.74) is -3.64. The molecule has 0 saturated heterocycles. The molecule has 0 aromatic heterocycles. The molecule has 2 aromatic rings. The SMILES string of the molecule is CC/C=C\C/C=C\C/C=C\C/C=C\C/C=C\CCCC(=O)OCC(C)(C)[C@@](C)(OC(=O)c1ccccc1OC(=O)c1ccccc1O)C(=O)NCCC(=O)O. The smallest absolute Gasteiger partial charge is 0.347 e. The Morgan fingerprint density at radius 3 is 1.84 bits per heavy atom. The molecule has 296 valence electrons. The number of allylic oxidation sites excluding steroid dienone is 10. The molecule has 0 saturated carbocycles. The van der Waals surface area contributed by atoms with Crippen LogP contribution >= 0.6 is 0 Å². The average molecular weight is 758 g/mol. The number of amides is 1. The zero-order valence-electron chi connectivity index (χ0n) is 32.3. The minimum Gasteiger partial charge on any atom is -0.507 e. The molecular formula is C44H55NO10. The predicted molar refractivity (Wildman–Crippen MR) is 212 cm³/mol. The van der Waals surface area contributed by atoms with Crippen molar-refractivity contribution >= 4 is 29.8 Å². The van der Waals surface area contributed by atoms with Crippen molar-refractivity contribution in [3.05, 3.63) is 120 Å². The van der Waals surface area contributed by atoms with E-state index in [4.69, 9.17) is 19.3 Å². The number of carbonyl (C=O) groups is 5. The van der Waals surface area contributed by atoms with Crippen molar-refractivity contribution in [3.8, 4) is 11.5 Å². The number of unbranched alkanes of at least 4 members (excludes halogenated alkanes) is 1. The number of rotatable bonds is 24. The number of benzene rings is 2. The number of ether oxygens (including phenoxy) is 3. The van der Waals surface area contributed by atoms with Crippen LogP contribution < -0.4 is 10.1 Å². The number of carbonyl (C=O) groups excluding carboxylic acids is 4. The second-order valence-corrected chi connectivity index (χ2v) is 13.4. The predicted octanol–water partition coefficient (Wildman–Crippen LogP) is 8.61. The van der Waals surface area contributed by atoms with Crippen molar-refractivity contribution < 1.29 is 48.4 Å². The Morgan fingerprint density at radius 2 is 1.25 bits per heavy atom. The highest BCUT2D eigenvalue weighted by Crippen LogP contribution is 2.37. The molecule has 2 aromatic carbocycles. The van der Waals surface area contributed by atoms with Crippen molar-refractivity contribution in [2.24, 2.45) is 5.41 Å². The Labute approximate surface area is 324 Å². The number of carboxylic acid groups (broad SMARTS) is 1. The zero-order valence-corrected chi connectivity index (χ0v) is 32.3. The first-order valence-electron chi connectivity index (χ1n) is 18.6. The molecule has 0 unspecified atom stereocenters. The molecule has 0 radical (unpaired) electrons. The lowest BCUT2D eigenvalue weighted by Gasteiger charge is -2.41. The lowest BCUT2D eigenvalue weighted by atomic mass is 9.75. The van der Waals surface area contributed by atoms with Crippen LogP contribution in [0.4, 0.5) is 0 Å². The molecule has 3 N–H and O–H groups in total. The average Bonchev–Trinajstić information content (AvgIpc) is 3.15. The maximum absolute atomic E-state index is 13.7. The summed E-state index contributed by atoms with van der Waals surface area (Å²) in [4.78, 5) is 63.9. The summed E-state index contributed by atoms with van der Waals surface area (Å²) >= 11 is 0. The van der Waals surface area contributed by atoms with E-state index in [0.717, 1.165) is 32.1 Å². The number of hydrogen-bond donors (Lipinski definition) is 3. The Balaban J connectivity index is 1.97. The van der Waals surface area contributed by atoms with E-state index in [1.165, 1.54) is 55.5 Å². The van der Waals surface area contributed by atoms with Gasteiger partial charge in [0.25, 0.3) is 5.91 Å². The molecule has 11 heteroatoms. The summed E-state index contributed by atoms with van der Waals surface area (Å²) in [6.45, 7) is 6.05. The maximum Gasteiger partial charge on any atom is 0.347 e. The van der Waals surface area contributed by atoms with E-state index < -0.39 is 40.8 Å². The van der Waals surface area contributed by atoms with E-state index in [1.807, 2.05) is 12.2 Å². The molecule has 0 bridgehead atoms. The molecule has 1 amide bonds. The second kappa shape index (κ2) is 24.6. The summed E-state index contributed by atoms with van der Waals surface area (Å²) in [6.07, 6.45) is 26.7. The molecule has 55 heavy (non-hydrogen) atoms. The van der Waals surface area contributed by atoms with E-state index in [0.29, 0.717) is 12.8 Å². The van der Waals surface area contributed by atoms with Crippen molar-refractivity contribution in [1.82, 2.24) is 5.32 Å². The quantitative estimate of drug-likeness (QED) is 0.0409. The van der Waals surface area contributed by atoms with Crippen LogP contribution in [0.5, 0.6) is 11.5 Å². The van der Waals surface area contributed by atoms with Gasteiger partial charge in [-0.05, 0) is 76.1 Å². The summed E-state index contributed by atoms with van der Waals surface area (Å²) in [7, 11) is 0. The third-order valence-corrected chi connectivity index (χ3v) is 8.58. The number of para-hydroxylation sites is 2. The van der Waals surface area contributed by atoms with E-state index >= 15 is 0 Å². The van der Waals surface area contributed by atoms with Crippen molar-refractivity contribution in [3.63, 3.8) is 0 Å². The van der Waals surface area contributed by atoms with Gasteiger partial charge in [0.05, 0.1) is 6.42 Å². The Bertz CT molecular complexity index is 1720. The highest BCUT2D eigenvalue weighted by atomic mass is 16.6. The highest BCUT2D eigenvalue weighted by Gasteiger charge is 2.52. The van der Waals surface area contributed by atoms with Crippen molar-refractivity contribution in [1.29, 1.82) is 0 Å². The van der Waals surface area contributed by atoms with Crippen LogP contribution in [0.25, 0.3) is 0 Å². The van der Waals surface area contributed by atoms with Crippen LogP contribution in [-0.2, 0) is 23.9 Å². The van der Waals surface area contributed by atoms with Gasteiger partial charge in [0, 0.05) is 18.4 Å². The van der Waals surface area contributed by atoms with Crippen LogP contribution in [0, 0.1) is 5.41 Å². The minimum absolute atomic E-state index is 0.126. The number of aliphatic carboxylic acids is 1. The van der Waals surface area contributed by atoms with Gasteiger partial charge in [-0.25, -0.2) is 9.59 Å². The molecule has 0 aliphatic carbocycles. The number of hydrogen-bond acceptors (Lipinski definition) is 9. The molecule has 0 heterocycles. The van der Waals surface area contributed by atoms with Crippen LogP contribution in [-0.4, -0.2) is 58.8 Å². The van der Waals surface area contributed by atoms with Gasteiger partial charge in [-0.2, -0.15) is 0 Å². The summed E-state index contributed by atoms with van der Waals surface area (Å²) in [5.74, 6) is -4.92. The van der Waals surface area contributed by atoms with E-state index in [2.05, 4.69) is 60.8 Å². The largest absolute Gasteiger partial charge is 0.507 e. The zero-order chi connectivity index (χ0) is 40.5. The van der Waals surface area contributed by atoms with Gasteiger partial charge in [-0.3, -0.25) is 14.4 Å². The molecule has 2 rings (SSSR count). The fourth-order valence-electron chi connectivity index (χ4n) is 4.91. The van der Waals surface area contributed by atoms with Crippen LogP contribution in [0.15, 0.2) is 109 Å². The Morgan fingerprint density at radius 1 is 0.709 bits per heavy atom. The van der Waals surface area contributed by atoms with Gasteiger partial charge in [-0.15, -0.1) is 0 Å². The topological polar surface area (TPSA) is 166 Å². The third kappa shape index (κ3) is 16.5. The van der Waals surface area contributed by atoms with Crippen LogP contribution in [0.2, 0.25) is 0 Å². The molecule has 0 fully saturated rings. The number of phenolic OH excluding ortho intramolecular Hbond substituents is 1. The van der Waals surface area contributed by atoms with Gasteiger partial charge in [-0.1, -0.05) is 106 Å². The number of phenols is 1. The molecule has 0 spiro atoms. The molecule has 11 nitrogen and oxygen atoms in total. The summed E-state index contributed by atoms with van der Waals surface area (Å²) in [5, 5.41) is 21.7. The van der Waals surface area contributed by atoms with E-state index in [1.54, 1.807) is 13.8 Å². The third-order valence-electron chi connectivity index (χ3n) is 8.58. The molecule has 1 atom stereocenters. The van der Waals surface area contributed by atoms with Gasteiger partial charge in [0.2, 0.25) is 0 Å². The second-order valence-electron chi connectivity index (χ2n) is 13.4. The van der Waals surface area contributed by atoms with Gasteiger partial charge >= 0.3 is 23.9 Å². The summed E-state index contributed by atoms with van der Waals surface area (Å²) in [6, 6.07) is 11.4. The first-order valence-corrected chi connectivity index (χ1v) is 18.6. The standard InChI is InChI=1S/C44H55NO10/c1-5-6-7-8-9-10-11-12-13-14-15-16-17-18-19-20-21-30-39(49)53-33-43(2,3)44(4,42(52)45-32-31-38(47)48)55-41(51)35-27-23-25-29-37(35)54-40(50)34-26-22-24-28-36(34)46/h6-7,9-10,12-13,15-16,18-19,22-29,46H,5,8,11,14,17,20-21,30-33H2,1-4H3,(H,45,52)(H,47,48)/b7-6-,10-9-,13-12-,16-15-,19-18-/t44-/m0/s1. The first kappa shape index (κ1) is 45.4. The molecular weight excluding hydrogens is 702 g/mol. The normalized spacial score (nSPS) is 13.1. The minimum atomic E-state index is -1.99. The number of nitrogens with one attached hydrogen (secondary N) is 1. The summed E-state index contributed by atoms with van der Waals surface area (Å²) < 4.78 is 16.8. The Hall–Kier alpha value is -5.71. The lowest BCUT2D eigenvalue weighted by Crippen LogP contribution is -2.58. The maximum atomic E-state index is 13.7. The fourth-order valence-corrected chi connectivity index (χ4v) is 4.91. The molecule has 0 aliphatic rings. The molecule has 0 aliphatic heterocycles. The van der Waals surface area contributed by atoms with Crippen molar-refractivity contribution in [2.75, 3.05) is 13.2 Å².